The molecule has 3 rings (SSSR count). The summed E-state index contributed by atoms with van der Waals surface area (Å²) in [4.78, 5) is 16.6. The molecule has 6 heteroatoms. The second kappa shape index (κ2) is 8.80. The second-order valence-corrected chi connectivity index (χ2v) is 5.76. The van der Waals surface area contributed by atoms with Crippen molar-refractivity contribution in [1.82, 2.24) is 10.3 Å². The lowest BCUT2D eigenvalue weighted by Gasteiger charge is -2.12. The third kappa shape index (κ3) is 4.82. The highest BCUT2D eigenvalue weighted by molar-refractivity contribution is 5.94. The number of amides is 1. The minimum atomic E-state index is -0.345. The van der Waals surface area contributed by atoms with Gasteiger partial charge in [-0.2, -0.15) is 0 Å². The zero-order valence-corrected chi connectivity index (χ0v) is 14.9. The minimum absolute atomic E-state index is 0.115. The molecule has 0 saturated heterocycles. The maximum Gasteiger partial charge on any atom is 0.251 e. The summed E-state index contributed by atoms with van der Waals surface area (Å²) < 4.78 is 19.2. The Labute approximate surface area is 157 Å². The van der Waals surface area contributed by atoms with Gasteiger partial charge in [0.25, 0.3) is 5.91 Å². The molecule has 0 bridgehead atoms. The van der Waals surface area contributed by atoms with Crippen molar-refractivity contribution in [3.63, 3.8) is 0 Å². The van der Waals surface area contributed by atoms with E-state index in [1.54, 1.807) is 36.5 Å². The number of aromatic nitrogens is 1. The van der Waals surface area contributed by atoms with E-state index in [2.05, 4.69) is 15.6 Å². The van der Waals surface area contributed by atoms with E-state index in [4.69, 9.17) is 4.74 Å². The lowest BCUT2D eigenvalue weighted by atomic mass is 10.2. The largest absolute Gasteiger partial charge is 0.492 e. The molecule has 27 heavy (non-hydrogen) atoms. The van der Waals surface area contributed by atoms with Gasteiger partial charge in [-0.15, -0.1) is 0 Å². The summed E-state index contributed by atoms with van der Waals surface area (Å²) in [5, 5.41) is 5.88. The summed E-state index contributed by atoms with van der Waals surface area (Å²) in [6, 6.07) is 17.1. The highest BCUT2D eigenvalue weighted by atomic mass is 19.1. The number of rotatable bonds is 7. The summed E-state index contributed by atoms with van der Waals surface area (Å²) in [5.74, 6) is 0.570. The number of carbonyl (C=O) groups excluding carboxylic acids is 1. The first-order chi connectivity index (χ1) is 13.2. The lowest BCUT2D eigenvalue weighted by Crippen LogP contribution is -2.23. The smallest absolute Gasteiger partial charge is 0.251 e. The molecule has 0 aliphatic carbocycles. The van der Waals surface area contributed by atoms with Gasteiger partial charge in [0.15, 0.2) is 0 Å². The SMILES string of the molecule is CCOc1ccccc1Nc1cc(C(=O)NCc2ccccc2F)ccn1. The highest BCUT2D eigenvalue weighted by Gasteiger charge is 2.10. The van der Waals surface area contributed by atoms with E-state index >= 15 is 0 Å². The molecule has 0 unspecified atom stereocenters. The Balaban J connectivity index is 1.70. The van der Waals surface area contributed by atoms with Gasteiger partial charge in [-0.05, 0) is 37.3 Å². The Morgan fingerprint density at radius 2 is 1.89 bits per heavy atom. The number of hydrogen-bond acceptors (Lipinski definition) is 4. The number of hydrogen-bond donors (Lipinski definition) is 2. The van der Waals surface area contributed by atoms with Crippen molar-refractivity contribution < 1.29 is 13.9 Å². The van der Waals surface area contributed by atoms with Gasteiger partial charge in [0, 0.05) is 23.9 Å². The number of carbonyl (C=O) groups is 1. The molecule has 0 aliphatic heterocycles. The van der Waals surface area contributed by atoms with Gasteiger partial charge in [-0.3, -0.25) is 4.79 Å². The third-order valence-corrected chi connectivity index (χ3v) is 3.87. The summed E-state index contributed by atoms with van der Waals surface area (Å²) in [6.45, 7) is 2.57. The summed E-state index contributed by atoms with van der Waals surface area (Å²) >= 11 is 0. The number of ether oxygens (including phenoxy) is 1. The second-order valence-electron chi connectivity index (χ2n) is 5.76. The van der Waals surface area contributed by atoms with Crippen LogP contribution >= 0.6 is 0 Å². The van der Waals surface area contributed by atoms with Crippen LogP contribution in [0, 0.1) is 5.82 Å². The molecule has 5 nitrogen and oxygen atoms in total. The standard InChI is InChI=1S/C21H20FN3O2/c1-2-27-19-10-6-5-9-18(19)25-20-13-15(11-12-23-20)21(26)24-14-16-7-3-4-8-17(16)22/h3-13H,2,14H2,1H3,(H,23,25)(H,24,26). The van der Waals surface area contributed by atoms with Gasteiger partial charge < -0.3 is 15.4 Å². The van der Waals surface area contributed by atoms with Crippen LogP contribution in [0.25, 0.3) is 0 Å². The summed E-state index contributed by atoms with van der Waals surface area (Å²) in [5.41, 5.74) is 1.62. The number of pyridine rings is 1. The first kappa shape index (κ1) is 18.4. The number of halogens is 1. The van der Waals surface area contributed by atoms with Crippen LogP contribution in [0.2, 0.25) is 0 Å². The van der Waals surface area contributed by atoms with Crippen molar-refractivity contribution in [3.8, 4) is 5.75 Å². The molecule has 2 N–H and O–H groups in total. The first-order valence-electron chi connectivity index (χ1n) is 8.64. The van der Waals surface area contributed by atoms with Gasteiger partial charge in [-0.25, -0.2) is 9.37 Å². The molecule has 0 saturated carbocycles. The monoisotopic (exact) mass is 365 g/mol. The maximum absolute atomic E-state index is 13.7. The average molecular weight is 365 g/mol. The third-order valence-electron chi connectivity index (χ3n) is 3.87. The van der Waals surface area contributed by atoms with Crippen LogP contribution in [0.4, 0.5) is 15.9 Å². The Morgan fingerprint density at radius 1 is 1.11 bits per heavy atom. The van der Waals surface area contributed by atoms with E-state index in [-0.39, 0.29) is 18.3 Å². The lowest BCUT2D eigenvalue weighted by molar-refractivity contribution is 0.0950. The molecule has 138 valence electrons. The van der Waals surface area contributed by atoms with E-state index in [1.807, 2.05) is 31.2 Å². The molecule has 1 heterocycles. The Morgan fingerprint density at radius 3 is 2.70 bits per heavy atom. The number of nitrogens with one attached hydrogen (secondary N) is 2. The van der Waals surface area contributed by atoms with Crippen molar-refractivity contribution in [2.45, 2.75) is 13.5 Å². The molecule has 0 aliphatic rings. The van der Waals surface area contributed by atoms with Gasteiger partial charge >= 0.3 is 0 Å². The quantitative estimate of drug-likeness (QED) is 0.655. The number of nitrogens with zero attached hydrogens (tertiary/aromatic N) is 1. The van der Waals surface area contributed by atoms with E-state index in [0.29, 0.717) is 29.3 Å². The summed E-state index contributed by atoms with van der Waals surface area (Å²) in [7, 11) is 0. The fraction of sp³-hybridized carbons (Fsp3) is 0.143. The molecule has 2 aromatic carbocycles. The van der Waals surface area contributed by atoms with Crippen LogP contribution in [-0.4, -0.2) is 17.5 Å². The van der Waals surface area contributed by atoms with E-state index < -0.39 is 0 Å². The predicted molar refractivity (Wildman–Crippen MR) is 103 cm³/mol. The fourth-order valence-electron chi connectivity index (χ4n) is 2.55. The molecule has 0 spiro atoms. The van der Waals surface area contributed by atoms with Gasteiger partial charge in [0.2, 0.25) is 0 Å². The molecular formula is C21H20FN3O2. The fourth-order valence-corrected chi connectivity index (χ4v) is 2.55. The molecule has 3 aromatic rings. The molecule has 1 aromatic heterocycles. The van der Waals surface area contributed by atoms with E-state index in [0.717, 1.165) is 5.69 Å². The Bertz CT molecular complexity index is 931. The average Bonchev–Trinajstić information content (AvgIpc) is 2.69. The molecular weight excluding hydrogens is 345 g/mol. The van der Waals surface area contributed by atoms with Crippen LogP contribution in [-0.2, 0) is 6.54 Å². The van der Waals surface area contributed by atoms with Crippen LogP contribution < -0.4 is 15.4 Å². The van der Waals surface area contributed by atoms with Crippen molar-refractivity contribution in [2.75, 3.05) is 11.9 Å². The predicted octanol–water partition coefficient (Wildman–Crippen LogP) is 4.29. The van der Waals surface area contributed by atoms with Crippen LogP contribution in [0.3, 0.4) is 0 Å². The van der Waals surface area contributed by atoms with E-state index in [1.165, 1.54) is 6.07 Å². The Kier molecular flexibility index (Phi) is 5.99. The number of para-hydroxylation sites is 2. The van der Waals surface area contributed by atoms with Crippen LogP contribution in [0.15, 0.2) is 66.9 Å². The van der Waals surface area contributed by atoms with Gasteiger partial charge in [0.05, 0.1) is 12.3 Å². The van der Waals surface area contributed by atoms with Crippen molar-refractivity contribution in [1.29, 1.82) is 0 Å². The van der Waals surface area contributed by atoms with Crippen molar-refractivity contribution in [3.05, 3.63) is 83.8 Å². The zero-order valence-electron chi connectivity index (χ0n) is 14.9. The van der Waals surface area contributed by atoms with Crippen LogP contribution in [0.1, 0.15) is 22.8 Å². The van der Waals surface area contributed by atoms with Crippen molar-refractivity contribution >= 4 is 17.4 Å². The molecule has 1 amide bonds. The number of anilines is 2. The van der Waals surface area contributed by atoms with E-state index in [9.17, 15) is 9.18 Å². The molecule has 0 radical (unpaired) electrons. The molecule has 0 atom stereocenters. The van der Waals surface area contributed by atoms with Crippen LogP contribution in [0.5, 0.6) is 5.75 Å². The maximum atomic E-state index is 13.7. The topological polar surface area (TPSA) is 63.2 Å². The Hall–Kier alpha value is -3.41. The van der Waals surface area contributed by atoms with Crippen molar-refractivity contribution in [2.24, 2.45) is 0 Å². The molecule has 0 fully saturated rings. The summed E-state index contributed by atoms with van der Waals surface area (Å²) in [6.07, 6.45) is 1.55. The zero-order chi connectivity index (χ0) is 19.1. The normalized spacial score (nSPS) is 10.3. The minimum Gasteiger partial charge on any atom is -0.492 e. The first-order valence-corrected chi connectivity index (χ1v) is 8.64. The highest BCUT2D eigenvalue weighted by Crippen LogP contribution is 2.26. The number of benzene rings is 2. The van der Waals surface area contributed by atoms with Gasteiger partial charge in [0.1, 0.15) is 17.4 Å². The van der Waals surface area contributed by atoms with Gasteiger partial charge in [-0.1, -0.05) is 30.3 Å².